The first-order valence-corrected chi connectivity index (χ1v) is 9.85. The second-order valence-electron chi connectivity index (χ2n) is 7.66. The molecule has 7 heteroatoms. The Balaban J connectivity index is 1.81. The maximum atomic E-state index is 13.8. The van der Waals surface area contributed by atoms with Crippen LogP contribution in [-0.2, 0) is 6.54 Å². The molecular weight excluding hydrogens is 379 g/mol. The molecule has 3 N–H and O–H groups in total. The largest absolute Gasteiger partial charge is 0.353 e. The molecule has 0 unspecified atom stereocenters. The number of H-pyrrole nitrogens is 1. The fourth-order valence-corrected chi connectivity index (χ4v) is 3.83. The molecule has 0 radical (unpaired) electrons. The molecule has 5 rings (SSSR count). The second-order valence-corrected chi connectivity index (χ2v) is 7.66. The predicted molar refractivity (Wildman–Crippen MR) is 115 cm³/mol. The highest BCUT2D eigenvalue weighted by Crippen LogP contribution is 2.31. The van der Waals surface area contributed by atoms with E-state index >= 15 is 0 Å². The first kappa shape index (κ1) is 18.4. The van der Waals surface area contributed by atoms with Gasteiger partial charge in [-0.2, -0.15) is 0 Å². The highest BCUT2D eigenvalue weighted by atomic mass is 19.1. The van der Waals surface area contributed by atoms with E-state index in [1.54, 1.807) is 6.20 Å². The van der Waals surface area contributed by atoms with Gasteiger partial charge in [0.15, 0.2) is 5.65 Å². The van der Waals surface area contributed by atoms with E-state index in [1.165, 1.54) is 12.3 Å². The van der Waals surface area contributed by atoms with E-state index in [0.717, 1.165) is 33.5 Å². The lowest BCUT2D eigenvalue weighted by atomic mass is 10.1. The van der Waals surface area contributed by atoms with Gasteiger partial charge in [0.1, 0.15) is 11.5 Å². The number of rotatable bonds is 4. The Morgan fingerprint density at radius 1 is 1.17 bits per heavy atom. The van der Waals surface area contributed by atoms with Crippen molar-refractivity contribution in [1.29, 1.82) is 0 Å². The van der Waals surface area contributed by atoms with Crippen LogP contribution < -0.4 is 5.73 Å². The molecule has 30 heavy (non-hydrogen) atoms. The molecule has 0 aliphatic heterocycles. The number of benzene rings is 1. The summed E-state index contributed by atoms with van der Waals surface area (Å²) in [4.78, 5) is 16.9. The van der Waals surface area contributed by atoms with Gasteiger partial charge >= 0.3 is 0 Å². The van der Waals surface area contributed by atoms with Crippen molar-refractivity contribution in [3.05, 3.63) is 72.2 Å². The number of halogens is 1. The van der Waals surface area contributed by atoms with Crippen LogP contribution in [0.15, 0.2) is 55.1 Å². The zero-order valence-electron chi connectivity index (χ0n) is 16.7. The van der Waals surface area contributed by atoms with Crippen LogP contribution in [0.4, 0.5) is 4.39 Å². The van der Waals surface area contributed by atoms with Gasteiger partial charge < -0.3 is 10.7 Å². The number of imidazole rings is 1. The number of nitrogens with one attached hydrogen (secondary N) is 1. The Labute approximate surface area is 172 Å². The number of nitrogens with zero attached hydrogens (tertiary/aromatic N) is 4. The predicted octanol–water partition coefficient (Wildman–Crippen LogP) is 4.66. The molecule has 0 bridgehead atoms. The smallest absolute Gasteiger partial charge is 0.165 e. The van der Waals surface area contributed by atoms with E-state index in [4.69, 9.17) is 10.7 Å². The average Bonchev–Trinajstić information content (AvgIpc) is 3.37. The SMILES string of the molecule is CC(C)c1cnc2c(-c3cc4c(CN)cccc4[nH]3)nc(-c3cncc(F)c3)cn12. The van der Waals surface area contributed by atoms with Gasteiger partial charge in [-0.1, -0.05) is 26.0 Å². The minimum Gasteiger partial charge on any atom is -0.353 e. The Morgan fingerprint density at radius 3 is 2.80 bits per heavy atom. The molecular formula is C23H21FN6. The zero-order valence-corrected chi connectivity index (χ0v) is 16.7. The zero-order chi connectivity index (χ0) is 20.8. The molecule has 0 saturated carbocycles. The summed E-state index contributed by atoms with van der Waals surface area (Å²) >= 11 is 0. The number of pyridine rings is 1. The lowest BCUT2D eigenvalue weighted by Crippen LogP contribution is -2.01. The van der Waals surface area contributed by atoms with Gasteiger partial charge in [-0.05, 0) is 29.7 Å². The van der Waals surface area contributed by atoms with E-state index < -0.39 is 5.82 Å². The molecule has 0 aliphatic carbocycles. The fraction of sp³-hybridized carbons (Fsp3) is 0.174. The minimum atomic E-state index is -0.399. The van der Waals surface area contributed by atoms with Crippen molar-refractivity contribution < 1.29 is 4.39 Å². The van der Waals surface area contributed by atoms with Crippen molar-refractivity contribution in [2.75, 3.05) is 0 Å². The minimum absolute atomic E-state index is 0.264. The molecule has 0 saturated heterocycles. The Bertz CT molecular complexity index is 1380. The molecule has 0 atom stereocenters. The maximum absolute atomic E-state index is 13.8. The van der Waals surface area contributed by atoms with Crippen LogP contribution in [0.5, 0.6) is 0 Å². The second kappa shape index (κ2) is 7.03. The number of aromatic nitrogens is 5. The van der Waals surface area contributed by atoms with Gasteiger partial charge in [0.2, 0.25) is 0 Å². The Kier molecular flexibility index (Phi) is 4.33. The lowest BCUT2D eigenvalue weighted by molar-refractivity contribution is 0.622. The number of nitrogens with two attached hydrogens (primary N) is 1. The van der Waals surface area contributed by atoms with Crippen LogP contribution >= 0.6 is 0 Å². The highest BCUT2D eigenvalue weighted by molar-refractivity contribution is 5.90. The van der Waals surface area contributed by atoms with E-state index in [9.17, 15) is 4.39 Å². The van der Waals surface area contributed by atoms with Crippen LogP contribution in [0.2, 0.25) is 0 Å². The topological polar surface area (TPSA) is 84.9 Å². The summed E-state index contributed by atoms with van der Waals surface area (Å²) in [6.45, 7) is 4.68. The van der Waals surface area contributed by atoms with Gasteiger partial charge in [0.05, 0.1) is 17.6 Å². The van der Waals surface area contributed by atoms with Crippen LogP contribution in [0.3, 0.4) is 0 Å². The van der Waals surface area contributed by atoms with Crippen LogP contribution in [0.25, 0.3) is 39.2 Å². The number of hydrogen-bond donors (Lipinski definition) is 2. The molecule has 0 amide bonds. The van der Waals surface area contributed by atoms with Crippen LogP contribution in [0, 0.1) is 5.82 Å². The lowest BCUT2D eigenvalue weighted by Gasteiger charge is -2.10. The van der Waals surface area contributed by atoms with Gasteiger partial charge in [-0.15, -0.1) is 0 Å². The Hall–Kier alpha value is -3.58. The first-order valence-electron chi connectivity index (χ1n) is 9.85. The molecule has 1 aromatic carbocycles. The summed E-state index contributed by atoms with van der Waals surface area (Å²) in [7, 11) is 0. The van der Waals surface area contributed by atoms with E-state index in [1.807, 2.05) is 35.0 Å². The average molecular weight is 400 g/mol. The van der Waals surface area contributed by atoms with Crippen molar-refractivity contribution in [2.24, 2.45) is 5.73 Å². The first-order chi connectivity index (χ1) is 14.5. The molecule has 6 nitrogen and oxygen atoms in total. The molecule has 4 aromatic heterocycles. The van der Waals surface area contributed by atoms with Crippen LogP contribution in [-0.4, -0.2) is 24.3 Å². The van der Waals surface area contributed by atoms with Crippen molar-refractivity contribution in [2.45, 2.75) is 26.3 Å². The van der Waals surface area contributed by atoms with Crippen LogP contribution in [0.1, 0.15) is 31.0 Å². The number of hydrogen-bond acceptors (Lipinski definition) is 4. The van der Waals surface area contributed by atoms with E-state index in [0.29, 0.717) is 23.5 Å². The van der Waals surface area contributed by atoms with Gasteiger partial charge in [-0.25, -0.2) is 14.4 Å². The maximum Gasteiger partial charge on any atom is 0.165 e. The molecule has 0 aliphatic rings. The third-order valence-electron chi connectivity index (χ3n) is 5.34. The van der Waals surface area contributed by atoms with Gasteiger partial charge in [0, 0.05) is 47.3 Å². The monoisotopic (exact) mass is 400 g/mol. The summed E-state index contributed by atoms with van der Waals surface area (Å²) in [5.74, 6) is -0.135. The quantitative estimate of drug-likeness (QED) is 0.459. The normalized spacial score (nSPS) is 11.8. The van der Waals surface area contributed by atoms with E-state index in [-0.39, 0.29) is 5.92 Å². The number of fused-ring (bicyclic) bond motifs is 2. The molecule has 4 heterocycles. The highest BCUT2D eigenvalue weighted by Gasteiger charge is 2.18. The molecule has 0 fully saturated rings. The number of aromatic amines is 1. The summed E-state index contributed by atoms with van der Waals surface area (Å²) < 4.78 is 15.9. The van der Waals surface area contributed by atoms with Crippen molar-refractivity contribution in [1.82, 2.24) is 24.3 Å². The molecule has 0 spiro atoms. The van der Waals surface area contributed by atoms with Gasteiger partial charge in [0.25, 0.3) is 0 Å². The molecule has 5 aromatic rings. The summed E-state index contributed by atoms with van der Waals surface area (Å²) in [6, 6.07) is 9.51. The summed E-state index contributed by atoms with van der Waals surface area (Å²) in [6.07, 6.45) is 6.56. The molecule has 150 valence electrons. The van der Waals surface area contributed by atoms with Crippen molar-refractivity contribution in [3.8, 4) is 22.6 Å². The third-order valence-corrected chi connectivity index (χ3v) is 5.34. The summed E-state index contributed by atoms with van der Waals surface area (Å²) in [5, 5.41) is 1.06. The summed E-state index contributed by atoms with van der Waals surface area (Å²) in [5.41, 5.74) is 12.5. The standard InChI is InChI=1S/C23H21FN6/c1-13(2)21-11-27-23-22(19-7-17-14(8-25)4-3-5-18(17)28-19)29-20(12-30(21)23)15-6-16(24)10-26-9-15/h3-7,9-13,28H,8,25H2,1-2H3. The van der Waals surface area contributed by atoms with Crippen molar-refractivity contribution >= 4 is 16.6 Å². The van der Waals surface area contributed by atoms with Gasteiger partial charge in [-0.3, -0.25) is 9.38 Å². The third kappa shape index (κ3) is 2.95. The Morgan fingerprint density at radius 2 is 2.03 bits per heavy atom. The fourth-order valence-electron chi connectivity index (χ4n) is 3.83. The van der Waals surface area contributed by atoms with Crippen molar-refractivity contribution in [3.63, 3.8) is 0 Å². The van der Waals surface area contributed by atoms with E-state index in [2.05, 4.69) is 34.9 Å².